The van der Waals surface area contributed by atoms with E-state index in [4.69, 9.17) is 0 Å². The molecule has 1 unspecified atom stereocenters. The number of amides is 3. The summed E-state index contributed by atoms with van der Waals surface area (Å²) in [6, 6.07) is 16.3. The SMILES string of the molecule is O=C1CN(C(=O)NCc2c[nH]c(=O)c3ccccc23)C(c2ccccc2)CN1. The average Bonchev–Trinajstić information content (AvgIpc) is 2.74. The predicted octanol–water partition coefficient (Wildman–Crippen LogP) is 1.91. The number of nitrogens with one attached hydrogen (secondary N) is 3. The van der Waals surface area contributed by atoms with E-state index < -0.39 is 0 Å². The highest BCUT2D eigenvalue weighted by atomic mass is 16.2. The van der Waals surface area contributed by atoms with Gasteiger partial charge in [0.2, 0.25) is 5.91 Å². The Hall–Kier alpha value is -3.61. The average molecular weight is 376 g/mol. The number of hydrogen-bond donors (Lipinski definition) is 3. The lowest BCUT2D eigenvalue weighted by atomic mass is 10.0. The lowest BCUT2D eigenvalue weighted by Crippen LogP contribution is -2.54. The van der Waals surface area contributed by atoms with E-state index in [0.29, 0.717) is 11.9 Å². The molecule has 3 aromatic rings. The van der Waals surface area contributed by atoms with Gasteiger partial charge in [-0.15, -0.1) is 0 Å². The van der Waals surface area contributed by atoms with Gasteiger partial charge in [-0.1, -0.05) is 48.5 Å². The second-order valence-electron chi connectivity index (χ2n) is 6.71. The van der Waals surface area contributed by atoms with Gasteiger partial charge in [0.25, 0.3) is 5.56 Å². The van der Waals surface area contributed by atoms with Gasteiger partial charge >= 0.3 is 6.03 Å². The Balaban J connectivity index is 1.55. The quantitative estimate of drug-likeness (QED) is 0.652. The van der Waals surface area contributed by atoms with E-state index in [1.54, 1.807) is 23.2 Å². The summed E-state index contributed by atoms with van der Waals surface area (Å²) < 4.78 is 0. The Morgan fingerprint density at radius 2 is 1.75 bits per heavy atom. The largest absolute Gasteiger partial charge is 0.352 e. The van der Waals surface area contributed by atoms with Crippen LogP contribution in [0.2, 0.25) is 0 Å². The Morgan fingerprint density at radius 3 is 2.54 bits per heavy atom. The Labute approximate surface area is 161 Å². The fourth-order valence-electron chi connectivity index (χ4n) is 3.52. The third kappa shape index (κ3) is 3.46. The number of carbonyl (C=O) groups is 2. The summed E-state index contributed by atoms with van der Waals surface area (Å²) in [4.78, 5) is 40.9. The number of carbonyl (C=O) groups excluding carboxylic acids is 2. The number of piperazine rings is 1. The van der Waals surface area contributed by atoms with Gasteiger partial charge < -0.3 is 20.5 Å². The molecule has 142 valence electrons. The molecule has 0 aliphatic carbocycles. The van der Waals surface area contributed by atoms with Crippen molar-refractivity contribution < 1.29 is 9.59 Å². The molecule has 2 heterocycles. The van der Waals surface area contributed by atoms with E-state index in [1.165, 1.54) is 0 Å². The van der Waals surface area contributed by atoms with E-state index in [0.717, 1.165) is 16.5 Å². The molecule has 7 heteroatoms. The van der Waals surface area contributed by atoms with Crippen molar-refractivity contribution in [3.8, 4) is 0 Å². The first-order valence-electron chi connectivity index (χ1n) is 9.09. The van der Waals surface area contributed by atoms with Crippen molar-refractivity contribution in [3.63, 3.8) is 0 Å². The smallest absolute Gasteiger partial charge is 0.318 e. The van der Waals surface area contributed by atoms with Gasteiger partial charge in [0.15, 0.2) is 0 Å². The van der Waals surface area contributed by atoms with Crippen LogP contribution in [0, 0.1) is 0 Å². The topological polar surface area (TPSA) is 94.3 Å². The number of benzene rings is 2. The van der Waals surface area contributed by atoms with Gasteiger partial charge in [0, 0.05) is 24.7 Å². The first-order chi connectivity index (χ1) is 13.6. The monoisotopic (exact) mass is 376 g/mol. The van der Waals surface area contributed by atoms with Crippen molar-refractivity contribution in [2.24, 2.45) is 0 Å². The van der Waals surface area contributed by atoms with Gasteiger partial charge in [-0.25, -0.2) is 4.79 Å². The van der Waals surface area contributed by atoms with Crippen molar-refractivity contribution in [2.75, 3.05) is 13.1 Å². The van der Waals surface area contributed by atoms with Crippen molar-refractivity contribution >= 4 is 22.7 Å². The standard InChI is InChI=1S/C21H20N4O3/c26-19-13-25(18(12-22-19)14-6-2-1-3-7-14)21(28)24-11-15-10-23-20(27)17-9-5-4-8-16(15)17/h1-10,18H,11-13H2,(H,22,26)(H,23,27)(H,24,28). The number of rotatable bonds is 3. The zero-order valence-corrected chi connectivity index (χ0v) is 15.1. The fourth-order valence-corrected chi connectivity index (χ4v) is 3.52. The van der Waals surface area contributed by atoms with Crippen molar-refractivity contribution in [1.82, 2.24) is 20.5 Å². The number of nitrogens with zero attached hydrogens (tertiary/aromatic N) is 1. The lowest BCUT2D eigenvalue weighted by Gasteiger charge is -2.35. The minimum Gasteiger partial charge on any atom is -0.352 e. The molecule has 2 aromatic carbocycles. The molecule has 28 heavy (non-hydrogen) atoms. The number of H-pyrrole nitrogens is 1. The van der Waals surface area contributed by atoms with E-state index in [9.17, 15) is 14.4 Å². The molecule has 0 radical (unpaired) electrons. The maximum atomic E-state index is 12.9. The van der Waals surface area contributed by atoms with Gasteiger partial charge in [-0.3, -0.25) is 9.59 Å². The highest BCUT2D eigenvalue weighted by Gasteiger charge is 2.31. The van der Waals surface area contributed by atoms with Crippen molar-refractivity contribution in [2.45, 2.75) is 12.6 Å². The molecule has 3 amide bonds. The molecule has 1 aliphatic rings. The van der Waals surface area contributed by atoms with Gasteiger partial charge in [0.05, 0.1) is 6.04 Å². The van der Waals surface area contributed by atoms with Crippen molar-refractivity contribution in [3.05, 3.63) is 82.3 Å². The van der Waals surface area contributed by atoms with Crippen LogP contribution in [0.5, 0.6) is 0 Å². The summed E-state index contributed by atoms with van der Waals surface area (Å²) in [5.41, 5.74) is 1.61. The minimum atomic E-state index is -0.320. The molecule has 0 saturated carbocycles. The van der Waals surface area contributed by atoms with Gasteiger partial charge in [-0.2, -0.15) is 0 Å². The number of pyridine rings is 1. The van der Waals surface area contributed by atoms with Crippen LogP contribution < -0.4 is 16.2 Å². The molecule has 3 N–H and O–H groups in total. The van der Waals surface area contributed by atoms with E-state index >= 15 is 0 Å². The summed E-state index contributed by atoms with van der Waals surface area (Å²) in [6.07, 6.45) is 1.61. The third-order valence-corrected chi connectivity index (χ3v) is 4.95. The van der Waals surface area contributed by atoms with Gasteiger partial charge in [-0.05, 0) is 22.6 Å². The van der Waals surface area contributed by atoms with Crippen LogP contribution in [0.15, 0.2) is 65.6 Å². The Bertz CT molecular complexity index is 1080. The summed E-state index contributed by atoms with van der Waals surface area (Å²) in [5.74, 6) is -0.183. The third-order valence-electron chi connectivity index (χ3n) is 4.95. The first-order valence-corrected chi connectivity index (χ1v) is 9.09. The second kappa shape index (κ2) is 7.56. The number of hydrogen-bond acceptors (Lipinski definition) is 3. The highest BCUT2D eigenvalue weighted by Crippen LogP contribution is 2.22. The van der Waals surface area contributed by atoms with Crippen LogP contribution >= 0.6 is 0 Å². The molecule has 1 fully saturated rings. The molecule has 0 spiro atoms. The summed E-state index contributed by atoms with van der Waals surface area (Å²) in [6.45, 7) is 0.616. The number of aromatic amines is 1. The second-order valence-corrected chi connectivity index (χ2v) is 6.71. The molecule has 1 aromatic heterocycles. The number of fused-ring (bicyclic) bond motifs is 1. The molecular formula is C21H20N4O3. The molecule has 1 aliphatic heterocycles. The molecular weight excluding hydrogens is 356 g/mol. The van der Waals surface area contributed by atoms with E-state index in [2.05, 4.69) is 15.6 Å². The molecule has 7 nitrogen and oxygen atoms in total. The van der Waals surface area contributed by atoms with Crippen LogP contribution in [0.3, 0.4) is 0 Å². The lowest BCUT2D eigenvalue weighted by molar-refractivity contribution is -0.124. The number of urea groups is 1. The Morgan fingerprint density at radius 1 is 1.04 bits per heavy atom. The van der Waals surface area contributed by atoms with Crippen LogP contribution in [0.4, 0.5) is 4.79 Å². The Kier molecular flexibility index (Phi) is 4.80. The fraction of sp³-hybridized carbons (Fsp3) is 0.190. The van der Waals surface area contributed by atoms with Crippen LogP contribution in [-0.4, -0.2) is 34.9 Å². The minimum absolute atomic E-state index is 0.00222. The predicted molar refractivity (Wildman–Crippen MR) is 106 cm³/mol. The van der Waals surface area contributed by atoms with E-state index in [-0.39, 0.29) is 36.6 Å². The first kappa shape index (κ1) is 17.8. The highest BCUT2D eigenvalue weighted by molar-refractivity contribution is 5.87. The summed E-state index contributed by atoms with van der Waals surface area (Å²) >= 11 is 0. The summed E-state index contributed by atoms with van der Waals surface area (Å²) in [5, 5.41) is 7.08. The molecule has 0 bridgehead atoms. The van der Waals surface area contributed by atoms with Crippen LogP contribution in [0.1, 0.15) is 17.2 Å². The van der Waals surface area contributed by atoms with Gasteiger partial charge in [0.1, 0.15) is 6.54 Å². The zero-order chi connectivity index (χ0) is 19.5. The maximum absolute atomic E-state index is 12.9. The number of aromatic nitrogens is 1. The van der Waals surface area contributed by atoms with Crippen molar-refractivity contribution in [1.29, 1.82) is 0 Å². The zero-order valence-electron chi connectivity index (χ0n) is 15.1. The maximum Gasteiger partial charge on any atom is 0.318 e. The molecule has 4 rings (SSSR count). The van der Waals surface area contributed by atoms with Crippen LogP contribution in [0.25, 0.3) is 10.8 Å². The molecule has 1 atom stereocenters. The molecule has 1 saturated heterocycles. The van der Waals surface area contributed by atoms with E-state index in [1.807, 2.05) is 42.5 Å². The normalized spacial score (nSPS) is 16.6. The van der Waals surface area contributed by atoms with Crippen LogP contribution in [-0.2, 0) is 11.3 Å². The summed E-state index contributed by atoms with van der Waals surface area (Å²) in [7, 11) is 0.